The largest absolute Gasteiger partial charge is 0.508 e. The third-order valence-corrected chi connectivity index (χ3v) is 2.82. The van der Waals surface area contributed by atoms with Gasteiger partial charge in [0.1, 0.15) is 11.5 Å². The van der Waals surface area contributed by atoms with Gasteiger partial charge in [-0.05, 0) is 37.5 Å². The van der Waals surface area contributed by atoms with E-state index in [9.17, 15) is 5.11 Å². The van der Waals surface area contributed by atoms with Gasteiger partial charge in [-0.2, -0.15) is 4.98 Å². The highest BCUT2D eigenvalue weighted by atomic mass is 16.5. The molecule has 1 fully saturated rings. The van der Waals surface area contributed by atoms with Crippen LogP contribution in [0.2, 0.25) is 0 Å². The summed E-state index contributed by atoms with van der Waals surface area (Å²) in [6.07, 6.45) is 2.29. The first-order chi connectivity index (χ1) is 8.70. The number of hydrogen-bond acceptors (Lipinski definition) is 5. The minimum atomic E-state index is 0.189. The SMILES string of the molecule is Cc1cc(O)cc(OCc2nc(C3CC3)no2)c1. The van der Waals surface area contributed by atoms with E-state index in [4.69, 9.17) is 9.26 Å². The summed E-state index contributed by atoms with van der Waals surface area (Å²) in [7, 11) is 0. The molecule has 0 atom stereocenters. The fourth-order valence-electron chi connectivity index (χ4n) is 1.79. The maximum atomic E-state index is 9.44. The zero-order valence-corrected chi connectivity index (χ0v) is 10.1. The smallest absolute Gasteiger partial charge is 0.264 e. The molecular formula is C13H14N2O3. The van der Waals surface area contributed by atoms with E-state index in [2.05, 4.69) is 10.1 Å². The third kappa shape index (κ3) is 2.45. The quantitative estimate of drug-likeness (QED) is 0.897. The number of phenols is 1. The molecule has 0 aliphatic heterocycles. The Hall–Kier alpha value is -2.04. The number of benzene rings is 1. The number of aryl methyl sites for hydroxylation is 1. The van der Waals surface area contributed by atoms with Crippen LogP contribution in [0.4, 0.5) is 0 Å². The molecule has 94 valence electrons. The molecule has 0 saturated heterocycles. The van der Waals surface area contributed by atoms with E-state index < -0.39 is 0 Å². The zero-order chi connectivity index (χ0) is 12.5. The molecule has 1 heterocycles. The van der Waals surface area contributed by atoms with Crippen molar-refractivity contribution in [2.75, 3.05) is 0 Å². The van der Waals surface area contributed by atoms with Crippen molar-refractivity contribution in [3.05, 3.63) is 35.5 Å². The summed E-state index contributed by atoms with van der Waals surface area (Å²) in [5, 5.41) is 13.4. The average Bonchev–Trinajstić information content (AvgIpc) is 3.05. The fourth-order valence-corrected chi connectivity index (χ4v) is 1.79. The van der Waals surface area contributed by atoms with Crippen LogP contribution in [0, 0.1) is 6.92 Å². The van der Waals surface area contributed by atoms with Gasteiger partial charge in [0.05, 0.1) is 0 Å². The lowest BCUT2D eigenvalue weighted by atomic mass is 10.2. The van der Waals surface area contributed by atoms with Gasteiger partial charge in [0.2, 0.25) is 0 Å². The lowest BCUT2D eigenvalue weighted by molar-refractivity contribution is 0.241. The molecule has 0 spiro atoms. The molecule has 0 radical (unpaired) electrons. The van der Waals surface area contributed by atoms with Crippen molar-refractivity contribution in [1.29, 1.82) is 0 Å². The Labute approximate surface area is 104 Å². The molecule has 1 aromatic carbocycles. The molecule has 0 amide bonds. The van der Waals surface area contributed by atoms with E-state index in [0.29, 0.717) is 17.6 Å². The number of rotatable bonds is 4. The second-order valence-electron chi connectivity index (χ2n) is 4.61. The zero-order valence-electron chi connectivity index (χ0n) is 10.1. The van der Waals surface area contributed by atoms with Crippen LogP contribution in [0.1, 0.15) is 36.0 Å². The molecule has 5 heteroatoms. The van der Waals surface area contributed by atoms with Crippen LogP contribution in [0.25, 0.3) is 0 Å². The van der Waals surface area contributed by atoms with E-state index in [-0.39, 0.29) is 12.4 Å². The third-order valence-electron chi connectivity index (χ3n) is 2.82. The van der Waals surface area contributed by atoms with Crippen molar-refractivity contribution in [1.82, 2.24) is 10.1 Å². The van der Waals surface area contributed by atoms with Crippen molar-refractivity contribution in [3.8, 4) is 11.5 Å². The summed E-state index contributed by atoms with van der Waals surface area (Å²) >= 11 is 0. The molecule has 3 rings (SSSR count). The summed E-state index contributed by atoms with van der Waals surface area (Å²) in [6, 6.07) is 5.08. The van der Waals surface area contributed by atoms with Crippen LogP contribution in [0.15, 0.2) is 22.7 Å². The Kier molecular flexibility index (Phi) is 2.66. The van der Waals surface area contributed by atoms with E-state index >= 15 is 0 Å². The van der Waals surface area contributed by atoms with Crippen LogP contribution in [0.3, 0.4) is 0 Å². The summed E-state index contributed by atoms with van der Waals surface area (Å²) in [5.74, 6) is 2.51. The minimum absolute atomic E-state index is 0.189. The van der Waals surface area contributed by atoms with E-state index in [0.717, 1.165) is 24.2 Å². The lowest BCUT2D eigenvalue weighted by Gasteiger charge is -2.04. The predicted octanol–water partition coefficient (Wildman–Crippen LogP) is 2.54. The molecule has 1 aromatic heterocycles. The Morgan fingerprint density at radius 2 is 2.22 bits per heavy atom. The molecule has 0 unspecified atom stereocenters. The molecule has 18 heavy (non-hydrogen) atoms. The molecule has 1 N–H and O–H groups in total. The van der Waals surface area contributed by atoms with Gasteiger partial charge in [-0.1, -0.05) is 5.16 Å². The normalized spacial score (nSPS) is 14.7. The number of hydrogen-bond donors (Lipinski definition) is 1. The molecule has 1 aliphatic rings. The first-order valence-corrected chi connectivity index (χ1v) is 5.96. The molecule has 2 aromatic rings. The van der Waals surface area contributed by atoms with Crippen molar-refractivity contribution >= 4 is 0 Å². The van der Waals surface area contributed by atoms with Gasteiger partial charge < -0.3 is 14.4 Å². The Balaban J connectivity index is 1.65. The number of aromatic nitrogens is 2. The molecule has 5 nitrogen and oxygen atoms in total. The fraction of sp³-hybridized carbons (Fsp3) is 0.385. The Morgan fingerprint density at radius 1 is 1.39 bits per heavy atom. The molecule has 0 bridgehead atoms. The van der Waals surface area contributed by atoms with Crippen LogP contribution in [-0.2, 0) is 6.61 Å². The number of nitrogens with zero attached hydrogens (tertiary/aromatic N) is 2. The first-order valence-electron chi connectivity index (χ1n) is 5.96. The average molecular weight is 246 g/mol. The predicted molar refractivity (Wildman–Crippen MR) is 63.4 cm³/mol. The van der Waals surface area contributed by atoms with Crippen molar-refractivity contribution in [3.63, 3.8) is 0 Å². The van der Waals surface area contributed by atoms with Gasteiger partial charge in [0.15, 0.2) is 12.4 Å². The van der Waals surface area contributed by atoms with Gasteiger partial charge in [-0.25, -0.2) is 0 Å². The van der Waals surface area contributed by atoms with Gasteiger partial charge in [-0.3, -0.25) is 0 Å². The van der Waals surface area contributed by atoms with Crippen LogP contribution >= 0.6 is 0 Å². The van der Waals surface area contributed by atoms with Gasteiger partial charge in [-0.15, -0.1) is 0 Å². The second kappa shape index (κ2) is 4.33. The van der Waals surface area contributed by atoms with Crippen LogP contribution in [0.5, 0.6) is 11.5 Å². The Morgan fingerprint density at radius 3 is 2.94 bits per heavy atom. The summed E-state index contributed by atoms with van der Waals surface area (Å²) in [5.41, 5.74) is 0.939. The van der Waals surface area contributed by atoms with Crippen molar-refractivity contribution in [2.24, 2.45) is 0 Å². The first kappa shape index (κ1) is 11.1. The number of phenolic OH excluding ortho intramolecular Hbond substituents is 1. The maximum Gasteiger partial charge on any atom is 0.264 e. The number of ether oxygens (including phenoxy) is 1. The molecule has 1 saturated carbocycles. The topological polar surface area (TPSA) is 68.4 Å². The van der Waals surface area contributed by atoms with Crippen molar-refractivity contribution < 1.29 is 14.4 Å². The van der Waals surface area contributed by atoms with Gasteiger partial charge in [0, 0.05) is 12.0 Å². The van der Waals surface area contributed by atoms with Gasteiger partial charge in [0.25, 0.3) is 5.89 Å². The molecule has 1 aliphatic carbocycles. The van der Waals surface area contributed by atoms with E-state index in [1.165, 1.54) is 0 Å². The van der Waals surface area contributed by atoms with Gasteiger partial charge >= 0.3 is 0 Å². The van der Waals surface area contributed by atoms with Crippen LogP contribution in [-0.4, -0.2) is 15.2 Å². The highest BCUT2D eigenvalue weighted by molar-refractivity contribution is 5.36. The van der Waals surface area contributed by atoms with E-state index in [1.54, 1.807) is 12.1 Å². The summed E-state index contributed by atoms with van der Waals surface area (Å²) < 4.78 is 10.6. The highest BCUT2D eigenvalue weighted by Crippen LogP contribution is 2.38. The van der Waals surface area contributed by atoms with Crippen LogP contribution < -0.4 is 4.74 Å². The molecular weight excluding hydrogens is 232 g/mol. The summed E-state index contributed by atoms with van der Waals surface area (Å²) in [6.45, 7) is 2.12. The monoisotopic (exact) mass is 246 g/mol. The standard InChI is InChI=1S/C13H14N2O3/c1-8-4-10(16)6-11(5-8)17-7-12-14-13(15-18-12)9-2-3-9/h4-6,9,16H,2-3,7H2,1H3. The maximum absolute atomic E-state index is 9.44. The highest BCUT2D eigenvalue weighted by Gasteiger charge is 2.28. The lowest BCUT2D eigenvalue weighted by Crippen LogP contribution is -1.96. The summed E-state index contributed by atoms with van der Waals surface area (Å²) in [4.78, 5) is 4.27. The minimum Gasteiger partial charge on any atom is -0.508 e. The van der Waals surface area contributed by atoms with E-state index in [1.807, 2.05) is 13.0 Å². The second-order valence-corrected chi connectivity index (χ2v) is 4.61. The number of aromatic hydroxyl groups is 1. The van der Waals surface area contributed by atoms with Crippen molar-refractivity contribution in [2.45, 2.75) is 32.3 Å². The Bertz CT molecular complexity index is 541.